The average molecular weight is 440 g/mol. The Hall–Kier alpha value is -2.44. The number of para-hydroxylation sites is 1. The molecule has 2 aromatic carbocycles. The molecule has 3 aliphatic heterocycles. The maximum atomic E-state index is 13.3. The van der Waals surface area contributed by atoms with E-state index in [0.717, 1.165) is 15.7 Å². The second kappa shape index (κ2) is 6.57. The molecule has 6 heteroatoms. The number of halogens is 1. The Balaban J connectivity index is 1.40. The lowest BCUT2D eigenvalue weighted by atomic mass is 9.77. The van der Waals surface area contributed by atoms with Crippen molar-refractivity contribution in [1.29, 1.82) is 0 Å². The number of benzene rings is 2. The lowest BCUT2D eigenvalue weighted by Gasteiger charge is -2.22. The summed E-state index contributed by atoms with van der Waals surface area (Å²) in [5, 5.41) is 0. The molecule has 3 aliphatic rings. The smallest absolute Gasteiger partial charge is 0.313 e. The summed E-state index contributed by atoms with van der Waals surface area (Å²) in [4.78, 5) is 27.9. The van der Waals surface area contributed by atoms with Crippen molar-refractivity contribution in [1.82, 2.24) is 0 Å². The van der Waals surface area contributed by atoms with E-state index in [4.69, 9.17) is 9.47 Å². The highest BCUT2D eigenvalue weighted by Gasteiger charge is 2.67. The van der Waals surface area contributed by atoms with Gasteiger partial charge in [-0.3, -0.25) is 9.59 Å². The summed E-state index contributed by atoms with van der Waals surface area (Å²) >= 11 is 3.51. The number of hydrogen-bond donors (Lipinski definition) is 0. The standard InChI is InChI=1S/C22H18BrNO4/c23-15-8-4-5-9-16(15)24-13-22-11-10-17(28-22)18(19(22)20(24)25)21(26)27-12-14-6-2-1-3-7-14/h1-11,17-19H,12-13H2/t17-,18-,19-,22+/m1/s1. The number of ether oxygens (including phenoxy) is 2. The van der Waals surface area contributed by atoms with Crippen LogP contribution in [0.1, 0.15) is 5.56 Å². The second-order valence-corrected chi connectivity index (χ2v) is 8.22. The normalized spacial score (nSPS) is 30.0. The Morgan fingerprint density at radius 2 is 1.93 bits per heavy atom. The lowest BCUT2D eigenvalue weighted by molar-refractivity contribution is -0.153. The molecule has 0 N–H and O–H groups in total. The van der Waals surface area contributed by atoms with Gasteiger partial charge in [-0.2, -0.15) is 0 Å². The molecule has 2 fully saturated rings. The van der Waals surface area contributed by atoms with Crippen molar-refractivity contribution in [2.24, 2.45) is 11.8 Å². The van der Waals surface area contributed by atoms with Gasteiger partial charge in [-0.1, -0.05) is 54.6 Å². The number of anilines is 1. The molecule has 5 rings (SSSR count). The summed E-state index contributed by atoms with van der Waals surface area (Å²) in [5.41, 5.74) is 0.943. The maximum Gasteiger partial charge on any atom is 0.313 e. The predicted octanol–water partition coefficient (Wildman–Crippen LogP) is 3.48. The SMILES string of the molecule is O=C(OCc1ccccc1)[C@@H]1[C@H]2C=C[C@@]3(CN(c4ccccc4Br)C(=O)[C@@H]13)O2. The van der Waals surface area contributed by atoms with Crippen molar-refractivity contribution < 1.29 is 19.1 Å². The van der Waals surface area contributed by atoms with Gasteiger partial charge < -0.3 is 14.4 Å². The van der Waals surface area contributed by atoms with Crippen LogP contribution in [-0.4, -0.2) is 30.1 Å². The molecule has 0 radical (unpaired) electrons. The molecule has 2 saturated heterocycles. The summed E-state index contributed by atoms with van der Waals surface area (Å²) < 4.78 is 12.5. The van der Waals surface area contributed by atoms with Gasteiger partial charge in [-0.05, 0) is 33.6 Å². The monoisotopic (exact) mass is 439 g/mol. The number of carbonyl (C=O) groups is 2. The lowest BCUT2D eigenvalue weighted by Crippen LogP contribution is -2.40. The minimum Gasteiger partial charge on any atom is -0.460 e. The zero-order valence-electron chi connectivity index (χ0n) is 15.0. The van der Waals surface area contributed by atoms with Crippen molar-refractivity contribution in [3.05, 3.63) is 76.8 Å². The van der Waals surface area contributed by atoms with Gasteiger partial charge >= 0.3 is 5.97 Å². The molecule has 5 nitrogen and oxygen atoms in total. The predicted molar refractivity (Wildman–Crippen MR) is 106 cm³/mol. The minimum absolute atomic E-state index is 0.0968. The van der Waals surface area contributed by atoms with Crippen molar-refractivity contribution >= 4 is 33.5 Å². The summed E-state index contributed by atoms with van der Waals surface area (Å²) in [5.74, 6) is -1.65. The van der Waals surface area contributed by atoms with Crippen LogP contribution in [0.25, 0.3) is 0 Å². The van der Waals surface area contributed by atoms with Crippen LogP contribution in [0.4, 0.5) is 5.69 Å². The van der Waals surface area contributed by atoms with E-state index in [2.05, 4.69) is 15.9 Å². The van der Waals surface area contributed by atoms with Crippen molar-refractivity contribution in [3.8, 4) is 0 Å². The van der Waals surface area contributed by atoms with Crippen molar-refractivity contribution in [2.75, 3.05) is 11.4 Å². The van der Waals surface area contributed by atoms with Gasteiger partial charge in [0.25, 0.3) is 0 Å². The van der Waals surface area contributed by atoms with E-state index in [9.17, 15) is 9.59 Å². The highest BCUT2D eigenvalue weighted by Crippen LogP contribution is 2.53. The minimum atomic E-state index is -0.756. The van der Waals surface area contributed by atoms with Gasteiger partial charge in [-0.15, -0.1) is 0 Å². The van der Waals surface area contributed by atoms with Gasteiger partial charge in [0.2, 0.25) is 5.91 Å². The number of carbonyl (C=O) groups excluding carboxylic acids is 2. The largest absolute Gasteiger partial charge is 0.460 e. The fraction of sp³-hybridized carbons (Fsp3) is 0.273. The van der Waals surface area contributed by atoms with Crippen LogP contribution in [-0.2, 0) is 25.7 Å². The summed E-state index contributed by atoms with van der Waals surface area (Å²) in [6, 6.07) is 17.1. The Kier molecular flexibility index (Phi) is 4.14. The van der Waals surface area contributed by atoms with E-state index in [0.29, 0.717) is 6.54 Å². The fourth-order valence-corrected chi connectivity index (χ4v) is 4.97. The molecule has 1 amide bonds. The van der Waals surface area contributed by atoms with Crippen LogP contribution >= 0.6 is 15.9 Å². The third-order valence-corrected chi connectivity index (χ3v) is 6.41. The maximum absolute atomic E-state index is 13.3. The third kappa shape index (κ3) is 2.63. The molecular weight excluding hydrogens is 422 g/mol. The molecule has 1 spiro atoms. The van der Waals surface area contributed by atoms with E-state index in [1.165, 1.54) is 0 Å². The highest BCUT2D eigenvalue weighted by molar-refractivity contribution is 9.10. The first-order chi connectivity index (χ1) is 13.6. The number of amides is 1. The zero-order chi connectivity index (χ0) is 19.3. The molecule has 2 bridgehead atoms. The number of esters is 1. The quantitative estimate of drug-likeness (QED) is 0.540. The first-order valence-electron chi connectivity index (χ1n) is 9.23. The zero-order valence-corrected chi connectivity index (χ0v) is 16.5. The van der Waals surface area contributed by atoms with E-state index in [1.54, 1.807) is 4.90 Å². The number of nitrogens with zero attached hydrogens (tertiary/aromatic N) is 1. The van der Waals surface area contributed by atoms with Gasteiger partial charge in [-0.25, -0.2) is 0 Å². The van der Waals surface area contributed by atoms with Crippen LogP contribution in [0.15, 0.2) is 71.2 Å². The molecule has 3 heterocycles. The van der Waals surface area contributed by atoms with E-state index in [1.807, 2.05) is 66.7 Å². The third-order valence-electron chi connectivity index (χ3n) is 5.74. The van der Waals surface area contributed by atoms with Gasteiger partial charge in [0.1, 0.15) is 18.1 Å². The summed E-state index contributed by atoms with van der Waals surface area (Å²) in [7, 11) is 0. The second-order valence-electron chi connectivity index (χ2n) is 7.37. The van der Waals surface area contributed by atoms with Crippen LogP contribution in [0, 0.1) is 11.8 Å². The van der Waals surface area contributed by atoms with Crippen LogP contribution in [0.3, 0.4) is 0 Å². The van der Waals surface area contributed by atoms with Gasteiger partial charge in [0, 0.05) is 4.47 Å². The van der Waals surface area contributed by atoms with E-state index in [-0.39, 0.29) is 18.5 Å². The molecular formula is C22H18BrNO4. The average Bonchev–Trinajstić information content (AvgIpc) is 3.36. The number of rotatable bonds is 4. The van der Waals surface area contributed by atoms with Crippen molar-refractivity contribution in [3.63, 3.8) is 0 Å². The van der Waals surface area contributed by atoms with Crippen LogP contribution < -0.4 is 4.90 Å². The fourth-order valence-electron chi connectivity index (χ4n) is 4.47. The molecule has 0 aromatic heterocycles. The van der Waals surface area contributed by atoms with Crippen molar-refractivity contribution in [2.45, 2.75) is 18.3 Å². The molecule has 0 unspecified atom stereocenters. The molecule has 4 atom stereocenters. The first kappa shape index (κ1) is 17.6. The van der Waals surface area contributed by atoms with Crippen LogP contribution in [0.5, 0.6) is 0 Å². The Morgan fingerprint density at radius 3 is 2.71 bits per heavy atom. The van der Waals surface area contributed by atoms with Crippen LogP contribution in [0.2, 0.25) is 0 Å². The summed E-state index contributed by atoms with van der Waals surface area (Å²) in [6.45, 7) is 0.586. The van der Waals surface area contributed by atoms with E-state index < -0.39 is 23.5 Å². The Morgan fingerprint density at radius 1 is 1.18 bits per heavy atom. The number of hydrogen-bond acceptors (Lipinski definition) is 4. The molecule has 0 saturated carbocycles. The summed E-state index contributed by atoms with van der Waals surface area (Å²) in [6.07, 6.45) is 3.43. The van der Waals surface area contributed by atoms with Gasteiger partial charge in [0.05, 0.1) is 24.3 Å². The molecule has 0 aliphatic carbocycles. The molecule has 28 heavy (non-hydrogen) atoms. The molecule has 2 aromatic rings. The Labute approximate surface area is 171 Å². The number of fused-ring (bicyclic) bond motifs is 1. The van der Waals surface area contributed by atoms with E-state index >= 15 is 0 Å². The highest BCUT2D eigenvalue weighted by atomic mass is 79.9. The molecule has 142 valence electrons. The first-order valence-corrected chi connectivity index (χ1v) is 10.0. The van der Waals surface area contributed by atoms with Gasteiger partial charge in [0.15, 0.2) is 0 Å². The Bertz CT molecular complexity index is 976. The topological polar surface area (TPSA) is 55.8 Å².